The molecule has 0 aliphatic carbocycles. The molecular weight excluding hydrogens is 499 g/mol. The number of nitrogens with one attached hydrogen (secondary N) is 1. The molecule has 0 aromatic rings. The van der Waals surface area contributed by atoms with Crippen LogP contribution in [0, 0.1) is 0 Å². The maximum Gasteiger partial charge on any atom is 0.466 e. The molecule has 35 heavy (non-hydrogen) atoms. The molecule has 0 amide bonds. The molecule has 4 N–H and O–H groups in total. The van der Waals surface area contributed by atoms with Crippen molar-refractivity contribution in [1.82, 2.24) is 5.32 Å². The second kappa shape index (κ2) is 18.8. The molecule has 0 radical (unpaired) electrons. The minimum atomic E-state index is -4.64. The van der Waals surface area contributed by atoms with Gasteiger partial charge in [-0.25, -0.2) is 4.57 Å². The van der Waals surface area contributed by atoms with E-state index in [0.29, 0.717) is 12.8 Å². The van der Waals surface area contributed by atoms with Gasteiger partial charge in [0.1, 0.15) is 0 Å². The fourth-order valence-electron chi connectivity index (χ4n) is 4.27. The van der Waals surface area contributed by atoms with Crippen molar-refractivity contribution < 1.29 is 45.6 Å². The van der Waals surface area contributed by atoms with Gasteiger partial charge in [0.15, 0.2) is 0 Å². The fourth-order valence-corrected chi connectivity index (χ4v) is 4.27. The Bertz CT molecular complexity index is 529. The third-order valence-corrected chi connectivity index (χ3v) is 5.43. The van der Waals surface area contributed by atoms with E-state index >= 15 is 0 Å². The van der Waals surface area contributed by atoms with E-state index in [-0.39, 0.29) is 6.42 Å². The standard InChI is InChI=1S/C23H43F6N.H3O4P/c1-4-5-6-7-8-9-10-11-12-13-14-15-16-17-21(30-20(2)3,18-22(24,25)26)19-23(27,28)29;1-5(2,3)4/h20,30H,4-19H2,1-3H3;(H3,1,2,3,4). The summed E-state index contributed by atoms with van der Waals surface area (Å²) in [6, 6.07) is -0.448. The summed E-state index contributed by atoms with van der Waals surface area (Å²) in [5.41, 5.74) is -1.97. The lowest BCUT2D eigenvalue weighted by Gasteiger charge is -2.38. The zero-order chi connectivity index (χ0) is 27.6. The number of hydrogen-bond donors (Lipinski definition) is 4. The van der Waals surface area contributed by atoms with Crippen LogP contribution < -0.4 is 5.32 Å². The zero-order valence-corrected chi connectivity index (χ0v) is 22.3. The Morgan fingerprint density at radius 3 is 1.20 bits per heavy atom. The first-order valence-corrected chi connectivity index (χ1v) is 14.1. The molecule has 0 unspecified atom stereocenters. The van der Waals surface area contributed by atoms with Gasteiger partial charge in [-0.3, -0.25) is 0 Å². The molecule has 0 rings (SSSR count). The maximum absolute atomic E-state index is 13.0. The smallest absolute Gasteiger partial charge is 0.308 e. The van der Waals surface area contributed by atoms with Gasteiger partial charge >= 0.3 is 20.2 Å². The monoisotopic (exact) mass is 545 g/mol. The van der Waals surface area contributed by atoms with Gasteiger partial charge in [0.05, 0.1) is 12.8 Å². The predicted molar refractivity (Wildman–Crippen MR) is 127 cm³/mol. The Morgan fingerprint density at radius 1 is 0.657 bits per heavy atom. The molecule has 5 nitrogen and oxygen atoms in total. The van der Waals surface area contributed by atoms with Crippen molar-refractivity contribution in [2.45, 2.75) is 147 Å². The van der Waals surface area contributed by atoms with E-state index in [4.69, 9.17) is 19.2 Å². The highest BCUT2D eigenvalue weighted by Crippen LogP contribution is 2.39. The van der Waals surface area contributed by atoms with Crippen LogP contribution in [0.15, 0.2) is 0 Å². The van der Waals surface area contributed by atoms with E-state index in [1.54, 1.807) is 13.8 Å². The number of rotatable bonds is 18. The molecular formula is C23H46F6NO4P. The van der Waals surface area contributed by atoms with Crippen LogP contribution in [0.2, 0.25) is 0 Å². The minimum Gasteiger partial charge on any atom is -0.308 e. The highest BCUT2D eigenvalue weighted by atomic mass is 31.2. The quantitative estimate of drug-likeness (QED) is 0.0792. The topological polar surface area (TPSA) is 89.8 Å². The van der Waals surface area contributed by atoms with Gasteiger partial charge in [0, 0.05) is 11.6 Å². The summed E-state index contributed by atoms with van der Waals surface area (Å²) in [5.74, 6) is 0. The molecule has 0 fully saturated rings. The molecule has 0 saturated heterocycles. The Kier molecular flexibility index (Phi) is 19.8. The maximum atomic E-state index is 13.0. The van der Waals surface area contributed by atoms with Crippen molar-refractivity contribution in [3.63, 3.8) is 0 Å². The number of unbranched alkanes of at least 4 members (excludes halogenated alkanes) is 12. The van der Waals surface area contributed by atoms with Gasteiger partial charge in [0.25, 0.3) is 0 Å². The molecule has 0 spiro atoms. The largest absolute Gasteiger partial charge is 0.466 e. The third kappa shape index (κ3) is 31.6. The summed E-state index contributed by atoms with van der Waals surface area (Å²) < 4.78 is 87.1. The highest BCUT2D eigenvalue weighted by molar-refractivity contribution is 7.45. The number of halogens is 6. The third-order valence-electron chi connectivity index (χ3n) is 5.43. The van der Waals surface area contributed by atoms with Crippen LogP contribution in [0.5, 0.6) is 0 Å². The molecule has 0 aromatic carbocycles. The average Bonchev–Trinajstić information content (AvgIpc) is 2.60. The van der Waals surface area contributed by atoms with E-state index in [9.17, 15) is 26.3 Å². The molecule has 0 aliphatic heterocycles. The van der Waals surface area contributed by atoms with Crippen LogP contribution in [0.25, 0.3) is 0 Å². The predicted octanol–water partition coefficient (Wildman–Crippen LogP) is 8.18. The van der Waals surface area contributed by atoms with Crippen molar-refractivity contribution in [2.75, 3.05) is 0 Å². The number of hydrogen-bond acceptors (Lipinski definition) is 2. The lowest BCUT2D eigenvalue weighted by atomic mass is 9.84. The Morgan fingerprint density at radius 2 is 0.943 bits per heavy atom. The minimum absolute atomic E-state index is 0.109. The van der Waals surface area contributed by atoms with Crippen LogP contribution in [0.3, 0.4) is 0 Å². The van der Waals surface area contributed by atoms with E-state index in [1.165, 1.54) is 44.9 Å². The van der Waals surface area contributed by atoms with Gasteiger partial charge in [0.2, 0.25) is 0 Å². The molecule has 214 valence electrons. The second-order valence-corrected chi connectivity index (χ2v) is 10.7. The molecule has 0 atom stereocenters. The first-order valence-electron chi connectivity index (χ1n) is 12.6. The van der Waals surface area contributed by atoms with Gasteiger partial charge in [-0.1, -0.05) is 104 Å². The van der Waals surface area contributed by atoms with Crippen molar-refractivity contribution in [1.29, 1.82) is 0 Å². The molecule has 0 bridgehead atoms. The van der Waals surface area contributed by atoms with E-state index < -0.39 is 44.6 Å². The Hall–Kier alpha value is -0.350. The van der Waals surface area contributed by atoms with Crippen LogP contribution >= 0.6 is 7.82 Å². The molecule has 0 aromatic heterocycles. The first-order chi connectivity index (χ1) is 15.9. The molecule has 12 heteroatoms. The summed E-state index contributed by atoms with van der Waals surface area (Å²) in [4.78, 5) is 21.6. The van der Waals surface area contributed by atoms with E-state index in [1.807, 2.05) is 0 Å². The van der Waals surface area contributed by atoms with Crippen LogP contribution in [-0.4, -0.2) is 38.6 Å². The summed E-state index contributed by atoms with van der Waals surface area (Å²) in [7, 11) is -4.64. The van der Waals surface area contributed by atoms with E-state index in [0.717, 1.165) is 25.7 Å². The molecule has 0 heterocycles. The van der Waals surface area contributed by atoms with Crippen molar-refractivity contribution in [3.05, 3.63) is 0 Å². The van der Waals surface area contributed by atoms with Gasteiger partial charge in [-0.15, -0.1) is 0 Å². The highest BCUT2D eigenvalue weighted by Gasteiger charge is 2.48. The normalized spacial score (nSPS) is 13.2. The summed E-state index contributed by atoms with van der Waals surface area (Å²) in [5, 5.41) is 2.61. The van der Waals surface area contributed by atoms with Crippen molar-refractivity contribution in [3.8, 4) is 0 Å². The Labute approximate surface area is 206 Å². The molecule has 0 aliphatic rings. The van der Waals surface area contributed by atoms with Crippen LogP contribution in [0.1, 0.15) is 124 Å². The lowest BCUT2D eigenvalue weighted by Crippen LogP contribution is -2.53. The van der Waals surface area contributed by atoms with Gasteiger partial charge in [-0.2, -0.15) is 26.3 Å². The number of phosphoric acid groups is 1. The summed E-state index contributed by atoms with van der Waals surface area (Å²) in [6.45, 7) is 5.38. The Balaban J connectivity index is 0. The van der Waals surface area contributed by atoms with Crippen molar-refractivity contribution in [2.24, 2.45) is 0 Å². The van der Waals surface area contributed by atoms with E-state index in [2.05, 4.69) is 12.2 Å². The van der Waals surface area contributed by atoms with Gasteiger partial charge < -0.3 is 20.0 Å². The SMILES string of the molecule is CCCCCCCCCCCCCCCC(CC(F)(F)F)(CC(F)(F)F)NC(C)C.O=P(O)(O)O. The molecule has 0 saturated carbocycles. The van der Waals surface area contributed by atoms with Crippen LogP contribution in [0.4, 0.5) is 26.3 Å². The second-order valence-electron chi connectivity index (χ2n) is 9.67. The van der Waals surface area contributed by atoms with Crippen LogP contribution in [-0.2, 0) is 4.57 Å². The average molecular weight is 546 g/mol. The summed E-state index contributed by atoms with van der Waals surface area (Å²) in [6.07, 6.45) is 1.81. The summed E-state index contributed by atoms with van der Waals surface area (Å²) >= 11 is 0. The first kappa shape index (κ1) is 36.8. The number of alkyl halides is 6. The van der Waals surface area contributed by atoms with Gasteiger partial charge in [-0.05, 0) is 6.42 Å². The van der Waals surface area contributed by atoms with Crippen molar-refractivity contribution >= 4 is 7.82 Å². The lowest BCUT2D eigenvalue weighted by molar-refractivity contribution is -0.184. The fraction of sp³-hybridized carbons (Fsp3) is 1.00. The zero-order valence-electron chi connectivity index (χ0n) is 21.4.